The summed E-state index contributed by atoms with van der Waals surface area (Å²) in [6.07, 6.45) is 2.28. The summed E-state index contributed by atoms with van der Waals surface area (Å²) in [6, 6.07) is 5.84. The number of benzene rings is 1. The van der Waals surface area contributed by atoms with Crippen LogP contribution in [0.5, 0.6) is 11.5 Å². The van der Waals surface area contributed by atoms with Crippen molar-refractivity contribution in [3.05, 3.63) is 23.8 Å². The third-order valence-corrected chi connectivity index (χ3v) is 3.52. The summed E-state index contributed by atoms with van der Waals surface area (Å²) >= 11 is 0. The Hall–Kier alpha value is -1.26. The zero-order valence-corrected chi connectivity index (χ0v) is 12.6. The second-order valence-corrected chi connectivity index (χ2v) is 5.77. The lowest BCUT2D eigenvalue weighted by Crippen LogP contribution is -2.24. The molecule has 0 amide bonds. The third-order valence-electron chi connectivity index (χ3n) is 3.52. The predicted molar refractivity (Wildman–Crippen MR) is 79.2 cm³/mol. The Kier molecular flexibility index (Phi) is 4.89. The minimum atomic E-state index is -0.0276. The molecule has 0 bridgehead atoms. The Bertz CT molecular complexity index is 445. The van der Waals surface area contributed by atoms with E-state index in [2.05, 4.69) is 13.8 Å². The first-order chi connectivity index (χ1) is 9.54. The van der Waals surface area contributed by atoms with Crippen molar-refractivity contribution >= 4 is 0 Å². The minimum absolute atomic E-state index is 0.0276. The van der Waals surface area contributed by atoms with Gasteiger partial charge in [0, 0.05) is 6.54 Å². The Morgan fingerprint density at radius 1 is 1.30 bits per heavy atom. The highest BCUT2D eigenvalue weighted by Crippen LogP contribution is 2.32. The summed E-state index contributed by atoms with van der Waals surface area (Å²) in [5, 5.41) is 0. The third kappa shape index (κ3) is 3.87. The van der Waals surface area contributed by atoms with Gasteiger partial charge in [-0.2, -0.15) is 0 Å². The Labute approximate surface area is 121 Å². The lowest BCUT2D eigenvalue weighted by Gasteiger charge is -2.20. The van der Waals surface area contributed by atoms with E-state index >= 15 is 0 Å². The maximum Gasteiger partial charge on any atom is 0.161 e. The van der Waals surface area contributed by atoms with Gasteiger partial charge < -0.3 is 19.9 Å². The standard InChI is InChI=1S/C16H25NO3/c1-4-18-15-9-12(10-17)5-6-14(15)19-11-13-7-8-16(2,3)20-13/h5-6,9,13H,4,7-8,10-11,17H2,1-3H3. The molecule has 1 aromatic carbocycles. The quantitative estimate of drug-likeness (QED) is 0.870. The molecule has 1 fully saturated rings. The molecule has 0 spiro atoms. The molecule has 0 aromatic heterocycles. The molecule has 20 heavy (non-hydrogen) atoms. The highest BCUT2D eigenvalue weighted by Gasteiger charge is 2.32. The average molecular weight is 279 g/mol. The van der Waals surface area contributed by atoms with Gasteiger partial charge in [-0.05, 0) is 51.3 Å². The fourth-order valence-electron chi connectivity index (χ4n) is 2.44. The topological polar surface area (TPSA) is 53.7 Å². The van der Waals surface area contributed by atoms with E-state index < -0.39 is 0 Å². The fraction of sp³-hybridized carbons (Fsp3) is 0.625. The molecule has 4 heteroatoms. The van der Waals surface area contributed by atoms with E-state index in [1.807, 2.05) is 25.1 Å². The van der Waals surface area contributed by atoms with Crippen molar-refractivity contribution < 1.29 is 14.2 Å². The van der Waals surface area contributed by atoms with Crippen molar-refractivity contribution in [2.45, 2.75) is 51.9 Å². The lowest BCUT2D eigenvalue weighted by molar-refractivity contribution is -0.0329. The number of ether oxygens (including phenoxy) is 3. The Morgan fingerprint density at radius 2 is 2.10 bits per heavy atom. The van der Waals surface area contributed by atoms with Crippen molar-refractivity contribution in [1.82, 2.24) is 0 Å². The van der Waals surface area contributed by atoms with E-state index in [1.54, 1.807) is 0 Å². The van der Waals surface area contributed by atoms with Crippen LogP contribution in [-0.2, 0) is 11.3 Å². The van der Waals surface area contributed by atoms with E-state index in [4.69, 9.17) is 19.9 Å². The van der Waals surface area contributed by atoms with E-state index in [0.717, 1.165) is 29.9 Å². The first kappa shape index (κ1) is 15.1. The van der Waals surface area contributed by atoms with Gasteiger partial charge in [0.25, 0.3) is 0 Å². The summed E-state index contributed by atoms with van der Waals surface area (Å²) in [7, 11) is 0. The highest BCUT2D eigenvalue weighted by molar-refractivity contribution is 5.43. The number of hydrogen-bond acceptors (Lipinski definition) is 4. The van der Waals surface area contributed by atoms with Crippen LogP contribution < -0.4 is 15.2 Å². The van der Waals surface area contributed by atoms with Crippen LogP contribution in [0.3, 0.4) is 0 Å². The van der Waals surface area contributed by atoms with Crippen molar-refractivity contribution in [3.8, 4) is 11.5 Å². The summed E-state index contributed by atoms with van der Waals surface area (Å²) in [5.41, 5.74) is 6.67. The molecular weight excluding hydrogens is 254 g/mol. The predicted octanol–water partition coefficient (Wildman–Crippen LogP) is 2.88. The maximum atomic E-state index is 5.93. The van der Waals surface area contributed by atoms with Crippen LogP contribution in [0.15, 0.2) is 18.2 Å². The molecule has 1 aliphatic heterocycles. The van der Waals surface area contributed by atoms with Crippen LogP contribution in [0.2, 0.25) is 0 Å². The molecule has 2 rings (SSSR count). The molecule has 1 saturated heterocycles. The maximum absolute atomic E-state index is 5.93. The van der Waals surface area contributed by atoms with Gasteiger partial charge >= 0.3 is 0 Å². The minimum Gasteiger partial charge on any atom is -0.490 e. The Balaban J connectivity index is 1.98. The Morgan fingerprint density at radius 3 is 2.70 bits per heavy atom. The fourth-order valence-corrected chi connectivity index (χ4v) is 2.44. The van der Waals surface area contributed by atoms with E-state index in [-0.39, 0.29) is 11.7 Å². The van der Waals surface area contributed by atoms with Crippen molar-refractivity contribution in [2.75, 3.05) is 13.2 Å². The largest absolute Gasteiger partial charge is 0.490 e. The number of nitrogens with two attached hydrogens (primary N) is 1. The van der Waals surface area contributed by atoms with Crippen LogP contribution in [0, 0.1) is 0 Å². The van der Waals surface area contributed by atoms with E-state index in [0.29, 0.717) is 19.8 Å². The molecule has 4 nitrogen and oxygen atoms in total. The number of hydrogen-bond donors (Lipinski definition) is 1. The zero-order chi connectivity index (χ0) is 14.6. The smallest absolute Gasteiger partial charge is 0.161 e. The molecule has 0 saturated carbocycles. The SMILES string of the molecule is CCOc1cc(CN)ccc1OCC1CCC(C)(C)O1. The van der Waals surface area contributed by atoms with Gasteiger partial charge in [0.1, 0.15) is 6.61 Å². The van der Waals surface area contributed by atoms with E-state index in [1.165, 1.54) is 0 Å². The molecule has 1 aromatic rings. The monoisotopic (exact) mass is 279 g/mol. The average Bonchev–Trinajstić information content (AvgIpc) is 2.77. The molecule has 1 atom stereocenters. The van der Waals surface area contributed by atoms with Gasteiger partial charge in [-0.3, -0.25) is 0 Å². The van der Waals surface area contributed by atoms with Crippen molar-refractivity contribution in [3.63, 3.8) is 0 Å². The molecular formula is C16H25NO3. The summed E-state index contributed by atoms with van der Waals surface area (Å²) in [4.78, 5) is 0. The zero-order valence-electron chi connectivity index (χ0n) is 12.6. The highest BCUT2D eigenvalue weighted by atomic mass is 16.6. The summed E-state index contributed by atoms with van der Waals surface area (Å²) in [6.45, 7) is 7.87. The summed E-state index contributed by atoms with van der Waals surface area (Å²) in [5.74, 6) is 1.52. The van der Waals surface area contributed by atoms with Crippen molar-refractivity contribution in [2.24, 2.45) is 5.73 Å². The molecule has 1 heterocycles. The first-order valence-corrected chi connectivity index (χ1v) is 7.30. The van der Waals surface area contributed by atoms with Crippen LogP contribution in [0.25, 0.3) is 0 Å². The molecule has 0 radical (unpaired) electrons. The van der Waals surface area contributed by atoms with Gasteiger partial charge in [-0.1, -0.05) is 6.07 Å². The van der Waals surface area contributed by atoms with Gasteiger partial charge in [0.05, 0.1) is 18.3 Å². The normalized spacial score (nSPS) is 20.9. The first-order valence-electron chi connectivity index (χ1n) is 7.30. The molecule has 2 N–H and O–H groups in total. The molecule has 0 aliphatic carbocycles. The molecule has 112 valence electrons. The van der Waals surface area contributed by atoms with Gasteiger partial charge in [-0.25, -0.2) is 0 Å². The van der Waals surface area contributed by atoms with Crippen LogP contribution >= 0.6 is 0 Å². The number of rotatable bonds is 6. The van der Waals surface area contributed by atoms with E-state index in [9.17, 15) is 0 Å². The summed E-state index contributed by atoms with van der Waals surface area (Å²) < 4.78 is 17.4. The molecule has 1 unspecified atom stereocenters. The van der Waals surface area contributed by atoms with Crippen LogP contribution in [-0.4, -0.2) is 24.9 Å². The van der Waals surface area contributed by atoms with Gasteiger partial charge in [0.2, 0.25) is 0 Å². The van der Waals surface area contributed by atoms with Crippen molar-refractivity contribution in [1.29, 1.82) is 0 Å². The van der Waals surface area contributed by atoms with Crippen LogP contribution in [0.4, 0.5) is 0 Å². The second-order valence-electron chi connectivity index (χ2n) is 5.77. The molecule has 1 aliphatic rings. The second kappa shape index (κ2) is 6.46. The van der Waals surface area contributed by atoms with Crippen LogP contribution in [0.1, 0.15) is 39.2 Å². The van der Waals surface area contributed by atoms with Gasteiger partial charge in [0.15, 0.2) is 11.5 Å². The lowest BCUT2D eigenvalue weighted by atomic mass is 10.1. The van der Waals surface area contributed by atoms with Gasteiger partial charge in [-0.15, -0.1) is 0 Å².